The summed E-state index contributed by atoms with van der Waals surface area (Å²) in [5, 5.41) is 4.76. The summed E-state index contributed by atoms with van der Waals surface area (Å²) < 4.78 is 0. The van der Waals surface area contributed by atoms with Gasteiger partial charge >= 0.3 is 0 Å². The first-order valence-corrected chi connectivity index (χ1v) is 7.20. The van der Waals surface area contributed by atoms with E-state index in [1.807, 2.05) is 29.3 Å². The third-order valence-electron chi connectivity index (χ3n) is 3.24. The Labute approximate surface area is 111 Å². The molecule has 0 spiro atoms. The van der Waals surface area contributed by atoms with E-state index in [4.69, 9.17) is 0 Å². The van der Waals surface area contributed by atoms with Crippen molar-refractivity contribution in [2.45, 2.75) is 19.8 Å². The van der Waals surface area contributed by atoms with Crippen LogP contribution in [0.25, 0.3) is 0 Å². The van der Waals surface area contributed by atoms with Crippen LogP contribution in [-0.2, 0) is 4.79 Å². The van der Waals surface area contributed by atoms with E-state index in [9.17, 15) is 9.59 Å². The first-order valence-electron chi connectivity index (χ1n) is 6.33. The number of carbonyl (C=O) groups excluding carboxylic acids is 2. The molecule has 1 saturated heterocycles. The number of carbonyl (C=O) groups is 2. The van der Waals surface area contributed by atoms with E-state index in [0.29, 0.717) is 19.6 Å². The number of hydrogen-bond acceptors (Lipinski definition) is 3. The highest BCUT2D eigenvalue weighted by molar-refractivity contribution is 7.12. The molecule has 18 heavy (non-hydrogen) atoms. The van der Waals surface area contributed by atoms with Crippen molar-refractivity contribution in [1.82, 2.24) is 10.2 Å². The fourth-order valence-corrected chi connectivity index (χ4v) is 2.91. The van der Waals surface area contributed by atoms with Crippen molar-refractivity contribution in [1.29, 1.82) is 0 Å². The van der Waals surface area contributed by atoms with Crippen molar-refractivity contribution in [2.24, 2.45) is 5.92 Å². The van der Waals surface area contributed by atoms with Crippen molar-refractivity contribution in [3.05, 3.63) is 22.4 Å². The standard InChI is InChI=1S/C13H18N2O2S/c1-2-14-12(16)10-5-7-15(8-6-10)13(17)11-4-3-9-18-11/h3-4,9-10H,2,5-8H2,1H3,(H,14,16). The fourth-order valence-electron chi connectivity index (χ4n) is 2.22. The molecule has 1 aromatic rings. The first kappa shape index (κ1) is 13.1. The average molecular weight is 266 g/mol. The van der Waals surface area contributed by atoms with Crippen molar-refractivity contribution in [2.75, 3.05) is 19.6 Å². The SMILES string of the molecule is CCNC(=O)C1CCN(C(=O)c2cccs2)CC1. The Morgan fingerprint density at radius 1 is 1.44 bits per heavy atom. The number of nitrogens with zero attached hydrogens (tertiary/aromatic N) is 1. The van der Waals surface area contributed by atoms with Crippen LogP contribution in [0.5, 0.6) is 0 Å². The highest BCUT2D eigenvalue weighted by Gasteiger charge is 2.27. The van der Waals surface area contributed by atoms with Crippen LogP contribution in [0.4, 0.5) is 0 Å². The summed E-state index contributed by atoms with van der Waals surface area (Å²) in [6.45, 7) is 3.96. The van der Waals surface area contributed by atoms with E-state index in [1.165, 1.54) is 11.3 Å². The van der Waals surface area contributed by atoms with Gasteiger partial charge < -0.3 is 10.2 Å². The predicted molar refractivity (Wildman–Crippen MR) is 71.6 cm³/mol. The van der Waals surface area contributed by atoms with Gasteiger partial charge in [0, 0.05) is 25.6 Å². The molecule has 1 aliphatic heterocycles. The Hall–Kier alpha value is -1.36. The van der Waals surface area contributed by atoms with Gasteiger partial charge in [-0.25, -0.2) is 0 Å². The number of likely N-dealkylation sites (tertiary alicyclic amines) is 1. The molecule has 0 saturated carbocycles. The Balaban J connectivity index is 1.87. The molecule has 0 atom stereocenters. The monoisotopic (exact) mass is 266 g/mol. The molecule has 4 nitrogen and oxygen atoms in total. The van der Waals surface area contributed by atoms with Crippen LogP contribution in [0.15, 0.2) is 17.5 Å². The highest BCUT2D eigenvalue weighted by atomic mass is 32.1. The molecule has 0 aliphatic carbocycles. The molecule has 5 heteroatoms. The van der Waals surface area contributed by atoms with E-state index in [1.54, 1.807) is 0 Å². The number of nitrogens with one attached hydrogen (secondary N) is 1. The molecule has 1 fully saturated rings. The smallest absolute Gasteiger partial charge is 0.263 e. The van der Waals surface area contributed by atoms with Gasteiger partial charge in [-0.2, -0.15) is 0 Å². The van der Waals surface area contributed by atoms with E-state index >= 15 is 0 Å². The van der Waals surface area contributed by atoms with Crippen LogP contribution in [-0.4, -0.2) is 36.3 Å². The number of thiophene rings is 1. The first-order chi connectivity index (χ1) is 8.72. The molecule has 2 amide bonds. The number of piperidine rings is 1. The summed E-state index contributed by atoms with van der Waals surface area (Å²) in [5.41, 5.74) is 0. The zero-order chi connectivity index (χ0) is 13.0. The van der Waals surface area contributed by atoms with Crippen molar-refractivity contribution in [3.63, 3.8) is 0 Å². The molecule has 2 heterocycles. The predicted octanol–water partition coefficient (Wildman–Crippen LogP) is 1.74. The molecule has 1 N–H and O–H groups in total. The number of hydrogen-bond donors (Lipinski definition) is 1. The van der Waals surface area contributed by atoms with E-state index in [0.717, 1.165) is 17.7 Å². The molecule has 1 aliphatic rings. The van der Waals surface area contributed by atoms with Gasteiger partial charge in [0.2, 0.25) is 5.91 Å². The summed E-state index contributed by atoms with van der Waals surface area (Å²) in [5.74, 6) is 0.289. The molecule has 0 radical (unpaired) electrons. The number of amides is 2. The van der Waals surface area contributed by atoms with Gasteiger partial charge in [-0.15, -0.1) is 11.3 Å². The van der Waals surface area contributed by atoms with Gasteiger partial charge in [-0.05, 0) is 31.2 Å². The lowest BCUT2D eigenvalue weighted by atomic mass is 9.96. The minimum absolute atomic E-state index is 0.0670. The molecule has 0 unspecified atom stereocenters. The summed E-state index contributed by atoms with van der Waals surface area (Å²) in [6.07, 6.45) is 1.53. The summed E-state index contributed by atoms with van der Waals surface area (Å²) in [6, 6.07) is 3.74. The van der Waals surface area contributed by atoms with Gasteiger partial charge in [0.1, 0.15) is 0 Å². The maximum atomic E-state index is 12.1. The second-order valence-electron chi connectivity index (χ2n) is 4.44. The lowest BCUT2D eigenvalue weighted by Crippen LogP contribution is -2.42. The lowest BCUT2D eigenvalue weighted by molar-refractivity contribution is -0.126. The van der Waals surface area contributed by atoms with Crippen LogP contribution in [0.2, 0.25) is 0 Å². The van der Waals surface area contributed by atoms with Crippen molar-refractivity contribution < 1.29 is 9.59 Å². The van der Waals surface area contributed by atoms with Gasteiger partial charge in [0.15, 0.2) is 0 Å². The molecular weight excluding hydrogens is 248 g/mol. The second-order valence-corrected chi connectivity index (χ2v) is 5.39. The minimum Gasteiger partial charge on any atom is -0.356 e. The van der Waals surface area contributed by atoms with E-state index in [2.05, 4.69) is 5.32 Å². The van der Waals surface area contributed by atoms with Gasteiger partial charge in [0.25, 0.3) is 5.91 Å². The summed E-state index contributed by atoms with van der Waals surface area (Å²) in [7, 11) is 0. The van der Waals surface area contributed by atoms with Crippen LogP contribution < -0.4 is 5.32 Å². The largest absolute Gasteiger partial charge is 0.356 e. The van der Waals surface area contributed by atoms with Gasteiger partial charge in [-0.3, -0.25) is 9.59 Å². The van der Waals surface area contributed by atoms with Gasteiger partial charge in [-0.1, -0.05) is 6.07 Å². The molecule has 2 rings (SSSR count). The van der Waals surface area contributed by atoms with Gasteiger partial charge in [0.05, 0.1) is 4.88 Å². The third-order valence-corrected chi connectivity index (χ3v) is 4.09. The van der Waals surface area contributed by atoms with Crippen LogP contribution in [0.3, 0.4) is 0 Å². The van der Waals surface area contributed by atoms with Crippen molar-refractivity contribution >= 4 is 23.2 Å². The quantitative estimate of drug-likeness (QED) is 0.906. The highest BCUT2D eigenvalue weighted by Crippen LogP contribution is 2.20. The summed E-state index contributed by atoms with van der Waals surface area (Å²) >= 11 is 1.47. The Morgan fingerprint density at radius 3 is 2.72 bits per heavy atom. The van der Waals surface area contributed by atoms with Crippen molar-refractivity contribution in [3.8, 4) is 0 Å². The Kier molecular flexibility index (Phi) is 4.36. The van der Waals surface area contributed by atoms with E-state index in [-0.39, 0.29) is 17.7 Å². The topological polar surface area (TPSA) is 49.4 Å². The van der Waals surface area contributed by atoms with Crippen LogP contribution in [0, 0.1) is 5.92 Å². The Morgan fingerprint density at radius 2 is 2.17 bits per heavy atom. The second kappa shape index (κ2) is 6.00. The molecular formula is C13H18N2O2S. The summed E-state index contributed by atoms with van der Waals surface area (Å²) in [4.78, 5) is 26.4. The maximum absolute atomic E-state index is 12.1. The van der Waals surface area contributed by atoms with Crippen LogP contribution in [0.1, 0.15) is 29.4 Å². The third kappa shape index (κ3) is 2.90. The molecule has 0 bridgehead atoms. The van der Waals surface area contributed by atoms with E-state index < -0.39 is 0 Å². The molecule has 1 aromatic heterocycles. The zero-order valence-electron chi connectivity index (χ0n) is 10.5. The average Bonchev–Trinajstić information content (AvgIpc) is 2.92. The maximum Gasteiger partial charge on any atom is 0.263 e. The zero-order valence-corrected chi connectivity index (χ0v) is 11.3. The fraction of sp³-hybridized carbons (Fsp3) is 0.538. The molecule has 98 valence electrons. The number of rotatable bonds is 3. The normalized spacial score (nSPS) is 16.6. The minimum atomic E-state index is 0.0670. The molecule has 0 aromatic carbocycles. The lowest BCUT2D eigenvalue weighted by Gasteiger charge is -2.31. The van der Waals surface area contributed by atoms with Crippen LogP contribution >= 0.6 is 11.3 Å². The Bertz CT molecular complexity index is 409.